The van der Waals surface area contributed by atoms with Crippen LogP contribution in [0.5, 0.6) is 0 Å². The number of hydrogen-bond acceptors (Lipinski definition) is 2. The third-order valence-corrected chi connectivity index (χ3v) is 4.34. The third kappa shape index (κ3) is 1.46. The summed E-state index contributed by atoms with van der Waals surface area (Å²) in [6.45, 7) is 13.7. The van der Waals surface area contributed by atoms with Gasteiger partial charge in [-0.25, -0.2) is 4.98 Å². The van der Waals surface area contributed by atoms with Crippen LogP contribution in [0.25, 0.3) is 0 Å². The number of nitrogens with one attached hydrogen (secondary N) is 1. The molecule has 0 aromatic carbocycles. The van der Waals surface area contributed by atoms with Gasteiger partial charge < -0.3 is 9.88 Å². The van der Waals surface area contributed by atoms with Crippen LogP contribution in [-0.2, 0) is 6.54 Å². The molecule has 88 valence electrons. The molecule has 0 spiro atoms. The maximum Gasteiger partial charge on any atom is 0.203 e. The van der Waals surface area contributed by atoms with Crippen molar-refractivity contribution in [3.8, 4) is 0 Å². The molecule has 0 amide bonds. The Balaban J connectivity index is 2.11. The van der Waals surface area contributed by atoms with E-state index in [1.165, 1.54) is 0 Å². The van der Waals surface area contributed by atoms with Gasteiger partial charge in [0.15, 0.2) is 0 Å². The zero-order valence-electron chi connectivity index (χ0n) is 10.6. The van der Waals surface area contributed by atoms with Crippen molar-refractivity contribution < 1.29 is 0 Å². The Morgan fingerprint density at radius 1 is 1.44 bits per heavy atom. The summed E-state index contributed by atoms with van der Waals surface area (Å²) in [5, 5.41) is 3.53. The van der Waals surface area contributed by atoms with Crippen LogP contribution < -0.4 is 5.32 Å². The first-order valence-corrected chi connectivity index (χ1v) is 5.80. The van der Waals surface area contributed by atoms with Crippen molar-refractivity contribution in [1.82, 2.24) is 9.55 Å². The monoisotopic (exact) mass is 219 g/mol. The highest BCUT2D eigenvalue weighted by Crippen LogP contribution is 2.63. The van der Waals surface area contributed by atoms with Gasteiger partial charge in [0, 0.05) is 25.0 Å². The molecule has 3 nitrogen and oxygen atoms in total. The molecule has 0 radical (unpaired) electrons. The summed E-state index contributed by atoms with van der Waals surface area (Å²) >= 11 is 0. The molecular formula is C13H21N3. The van der Waals surface area contributed by atoms with Crippen LogP contribution in [0.2, 0.25) is 0 Å². The van der Waals surface area contributed by atoms with Gasteiger partial charge in [-0.15, -0.1) is 6.58 Å². The smallest absolute Gasteiger partial charge is 0.203 e. The number of allylic oxidation sites excluding steroid dienone is 1. The van der Waals surface area contributed by atoms with Crippen LogP contribution in [0.1, 0.15) is 27.7 Å². The minimum atomic E-state index is 0.331. The molecule has 0 atom stereocenters. The summed E-state index contributed by atoms with van der Waals surface area (Å²) in [6, 6.07) is 0.492. The van der Waals surface area contributed by atoms with Gasteiger partial charge in [0.05, 0.1) is 0 Å². The Kier molecular flexibility index (Phi) is 2.37. The largest absolute Gasteiger partial charge is 0.352 e. The Morgan fingerprint density at radius 2 is 2.06 bits per heavy atom. The molecule has 1 aromatic heterocycles. The van der Waals surface area contributed by atoms with Crippen LogP contribution in [-0.4, -0.2) is 15.6 Å². The normalized spacial score (nSPS) is 21.8. The highest BCUT2D eigenvalue weighted by molar-refractivity contribution is 5.37. The quantitative estimate of drug-likeness (QED) is 0.789. The average molecular weight is 219 g/mol. The van der Waals surface area contributed by atoms with Crippen molar-refractivity contribution in [1.29, 1.82) is 0 Å². The van der Waals surface area contributed by atoms with Crippen LogP contribution in [0.4, 0.5) is 5.95 Å². The van der Waals surface area contributed by atoms with Gasteiger partial charge in [-0.1, -0.05) is 33.8 Å². The first kappa shape index (κ1) is 11.2. The summed E-state index contributed by atoms with van der Waals surface area (Å²) in [5.41, 5.74) is 0.663. The van der Waals surface area contributed by atoms with E-state index in [9.17, 15) is 0 Å². The molecule has 1 N–H and O–H groups in total. The average Bonchev–Trinajstić information content (AvgIpc) is 2.57. The number of imidazole rings is 1. The zero-order valence-corrected chi connectivity index (χ0v) is 10.6. The fourth-order valence-electron chi connectivity index (χ4n) is 2.42. The molecule has 0 bridgehead atoms. The SMILES string of the molecule is C=CCn1ccnc1NC1C(C)(C)C1(C)C. The molecule has 0 unspecified atom stereocenters. The Morgan fingerprint density at radius 3 is 2.56 bits per heavy atom. The summed E-state index contributed by atoms with van der Waals surface area (Å²) in [6.07, 6.45) is 5.69. The molecule has 0 saturated heterocycles. The number of hydrogen-bond donors (Lipinski definition) is 1. The van der Waals surface area contributed by atoms with Gasteiger partial charge in [0.1, 0.15) is 0 Å². The highest BCUT2D eigenvalue weighted by Gasteiger charge is 2.65. The van der Waals surface area contributed by atoms with Crippen LogP contribution in [0, 0.1) is 10.8 Å². The second kappa shape index (κ2) is 3.37. The highest BCUT2D eigenvalue weighted by atomic mass is 15.2. The standard InChI is InChI=1S/C13H21N3/c1-6-8-16-9-7-14-11(16)15-10-12(2,3)13(10,4)5/h6-7,9-10H,1,8H2,2-5H3,(H,14,15). The summed E-state index contributed by atoms with van der Waals surface area (Å²) in [7, 11) is 0. The van der Waals surface area contributed by atoms with Gasteiger partial charge in [-0.2, -0.15) is 0 Å². The van der Waals surface area contributed by atoms with E-state index in [1.54, 1.807) is 0 Å². The molecule has 1 saturated carbocycles. The maximum absolute atomic E-state index is 4.35. The van der Waals surface area contributed by atoms with Gasteiger partial charge in [-0.3, -0.25) is 0 Å². The zero-order chi connectivity index (χ0) is 12.0. The van der Waals surface area contributed by atoms with E-state index in [-0.39, 0.29) is 0 Å². The molecule has 2 rings (SSSR count). The van der Waals surface area contributed by atoms with Crippen molar-refractivity contribution in [3.63, 3.8) is 0 Å². The van der Waals surface area contributed by atoms with E-state index in [0.717, 1.165) is 12.5 Å². The molecular weight excluding hydrogens is 198 g/mol. The lowest BCUT2D eigenvalue weighted by Gasteiger charge is -2.09. The van der Waals surface area contributed by atoms with Crippen LogP contribution in [0.15, 0.2) is 25.0 Å². The lowest BCUT2D eigenvalue weighted by Crippen LogP contribution is -2.14. The second-order valence-corrected chi connectivity index (χ2v) is 5.71. The van der Waals surface area contributed by atoms with E-state index in [1.807, 2.05) is 18.5 Å². The number of rotatable bonds is 4. The minimum Gasteiger partial charge on any atom is -0.352 e. The maximum atomic E-state index is 4.35. The number of aromatic nitrogens is 2. The summed E-state index contributed by atoms with van der Waals surface area (Å²) < 4.78 is 2.08. The van der Waals surface area contributed by atoms with Crippen LogP contribution >= 0.6 is 0 Å². The Bertz CT molecular complexity index is 387. The van der Waals surface area contributed by atoms with E-state index in [2.05, 4.69) is 49.1 Å². The third-order valence-electron chi connectivity index (χ3n) is 4.34. The molecule has 1 aliphatic rings. The molecule has 1 fully saturated rings. The predicted molar refractivity (Wildman–Crippen MR) is 67.4 cm³/mol. The van der Waals surface area contributed by atoms with E-state index in [0.29, 0.717) is 16.9 Å². The first-order valence-electron chi connectivity index (χ1n) is 5.80. The van der Waals surface area contributed by atoms with Crippen molar-refractivity contribution >= 4 is 5.95 Å². The predicted octanol–water partition coefficient (Wildman–Crippen LogP) is 2.92. The van der Waals surface area contributed by atoms with Crippen LogP contribution in [0.3, 0.4) is 0 Å². The molecule has 16 heavy (non-hydrogen) atoms. The fourth-order valence-corrected chi connectivity index (χ4v) is 2.42. The molecule has 1 aliphatic carbocycles. The lowest BCUT2D eigenvalue weighted by atomic mass is 10.0. The van der Waals surface area contributed by atoms with E-state index < -0.39 is 0 Å². The van der Waals surface area contributed by atoms with Crippen molar-refractivity contribution in [2.45, 2.75) is 40.3 Å². The van der Waals surface area contributed by atoms with Crippen molar-refractivity contribution in [2.24, 2.45) is 10.8 Å². The second-order valence-electron chi connectivity index (χ2n) is 5.71. The van der Waals surface area contributed by atoms with Gasteiger partial charge >= 0.3 is 0 Å². The van der Waals surface area contributed by atoms with E-state index in [4.69, 9.17) is 0 Å². The Hall–Kier alpha value is -1.25. The minimum absolute atomic E-state index is 0.331. The van der Waals surface area contributed by atoms with Crippen molar-refractivity contribution in [2.75, 3.05) is 5.32 Å². The van der Waals surface area contributed by atoms with Gasteiger partial charge in [0.25, 0.3) is 0 Å². The van der Waals surface area contributed by atoms with E-state index >= 15 is 0 Å². The first-order chi connectivity index (χ1) is 7.41. The topological polar surface area (TPSA) is 29.9 Å². The molecule has 1 aromatic rings. The molecule has 1 heterocycles. The molecule has 0 aliphatic heterocycles. The summed E-state index contributed by atoms with van der Waals surface area (Å²) in [5.74, 6) is 0.948. The molecule has 3 heteroatoms. The van der Waals surface area contributed by atoms with Gasteiger partial charge in [0.2, 0.25) is 5.95 Å². The van der Waals surface area contributed by atoms with Gasteiger partial charge in [-0.05, 0) is 10.8 Å². The Labute approximate surface area is 97.6 Å². The van der Waals surface area contributed by atoms with Crippen molar-refractivity contribution in [3.05, 3.63) is 25.0 Å². The number of nitrogens with zero attached hydrogens (tertiary/aromatic N) is 2. The fraction of sp³-hybridized carbons (Fsp3) is 0.615. The lowest BCUT2D eigenvalue weighted by molar-refractivity contribution is 0.457. The summed E-state index contributed by atoms with van der Waals surface area (Å²) in [4.78, 5) is 4.35. The number of anilines is 1.